The minimum Gasteiger partial charge on any atom is -0.489 e. The molecule has 204 valence electrons. The highest BCUT2D eigenvalue weighted by Gasteiger charge is 2.44. The Morgan fingerprint density at radius 1 is 0.610 bits per heavy atom. The molecule has 0 aliphatic heterocycles. The predicted octanol–water partition coefficient (Wildman–Crippen LogP) is 5.81. The van der Waals surface area contributed by atoms with Gasteiger partial charge < -0.3 is 15.8 Å². The Kier molecular flexibility index (Phi) is 8.55. The average Bonchev–Trinajstić information content (AvgIpc) is 3.03. The largest absolute Gasteiger partial charge is 0.489 e. The van der Waals surface area contributed by atoms with Crippen molar-refractivity contribution in [1.82, 2.24) is 5.32 Å². The molecule has 0 spiro atoms. The van der Waals surface area contributed by atoms with Gasteiger partial charge in [-0.2, -0.15) is 0 Å². The molecular formula is C36H32N2O3. The quantitative estimate of drug-likeness (QED) is 0.207. The first kappa shape index (κ1) is 27.4. The third-order valence-corrected chi connectivity index (χ3v) is 7.22. The number of carbonyl (C=O) groups is 2. The van der Waals surface area contributed by atoms with E-state index in [9.17, 15) is 9.59 Å². The lowest BCUT2D eigenvalue weighted by atomic mass is 9.68. The first-order chi connectivity index (χ1) is 20.1. The van der Waals surface area contributed by atoms with Crippen LogP contribution in [0.3, 0.4) is 0 Å². The summed E-state index contributed by atoms with van der Waals surface area (Å²) in [6.45, 7) is 0.459. The van der Waals surface area contributed by atoms with Crippen LogP contribution in [0.4, 0.5) is 0 Å². The van der Waals surface area contributed by atoms with Crippen molar-refractivity contribution in [3.8, 4) is 5.75 Å². The third kappa shape index (κ3) is 6.20. The SMILES string of the molecule is NC(=O)[C@H](Cc1ccc(OCc2ccccc2)cc1)NC(=O)C(c1ccccc1)(c1ccccc1)c1ccccc1. The molecule has 5 aromatic rings. The number of benzene rings is 5. The molecule has 0 unspecified atom stereocenters. The molecule has 3 N–H and O–H groups in total. The van der Waals surface area contributed by atoms with Crippen molar-refractivity contribution in [3.63, 3.8) is 0 Å². The smallest absolute Gasteiger partial charge is 0.240 e. The molecule has 0 aliphatic carbocycles. The van der Waals surface area contributed by atoms with Gasteiger partial charge in [-0.1, -0.05) is 133 Å². The Balaban J connectivity index is 1.43. The summed E-state index contributed by atoms with van der Waals surface area (Å²) in [6, 6.07) is 45.4. The second-order valence-corrected chi connectivity index (χ2v) is 9.90. The number of nitrogens with two attached hydrogens (primary N) is 1. The van der Waals surface area contributed by atoms with Crippen LogP contribution in [0, 0.1) is 0 Å². The van der Waals surface area contributed by atoms with Gasteiger partial charge in [-0.25, -0.2) is 0 Å². The number of ether oxygens (including phenoxy) is 1. The minimum atomic E-state index is -1.20. The molecule has 0 radical (unpaired) electrons. The van der Waals surface area contributed by atoms with E-state index in [1.807, 2.05) is 146 Å². The van der Waals surface area contributed by atoms with E-state index >= 15 is 0 Å². The van der Waals surface area contributed by atoms with Gasteiger partial charge in [-0.15, -0.1) is 0 Å². The highest BCUT2D eigenvalue weighted by molar-refractivity contribution is 5.98. The second kappa shape index (κ2) is 12.8. The van der Waals surface area contributed by atoms with Gasteiger partial charge in [0.15, 0.2) is 0 Å². The predicted molar refractivity (Wildman–Crippen MR) is 161 cm³/mol. The van der Waals surface area contributed by atoms with Crippen LogP contribution in [-0.4, -0.2) is 17.9 Å². The van der Waals surface area contributed by atoms with Crippen LogP contribution in [0.2, 0.25) is 0 Å². The highest BCUT2D eigenvalue weighted by Crippen LogP contribution is 2.39. The molecule has 0 aliphatic rings. The average molecular weight is 541 g/mol. The van der Waals surface area contributed by atoms with Crippen LogP contribution in [0.15, 0.2) is 146 Å². The summed E-state index contributed by atoms with van der Waals surface area (Å²) in [4.78, 5) is 27.2. The van der Waals surface area contributed by atoms with E-state index in [1.54, 1.807) is 0 Å². The molecule has 1 atom stereocenters. The Labute approximate surface area is 240 Å². The first-order valence-corrected chi connectivity index (χ1v) is 13.6. The minimum absolute atomic E-state index is 0.245. The molecule has 5 aromatic carbocycles. The Morgan fingerprint density at radius 2 is 1.05 bits per heavy atom. The van der Waals surface area contributed by atoms with Gasteiger partial charge in [-0.3, -0.25) is 9.59 Å². The van der Waals surface area contributed by atoms with Crippen LogP contribution in [-0.2, 0) is 28.0 Å². The Bertz CT molecular complexity index is 1460. The lowest BCUT2D eigenvalue weighted by molar-refractivity contribution is -0.129. The summed E-state index contributed by atoms with van der Waals surface area (Å²) in [5.74, 6) is -0.216. The summed E-state index contributed by atoms with van der Waals surface area (Å²) in [7, 11) is 0. The molecule has 0 heterocycles. The standard InChI is InChI=1S/C36H32N2O3/c37-34(39)33(25-27-21-23-32(24-22-27)41-26-28-13-5-1-6-14-28)38-35(40)36(29-15-7-2-8-16-29,30-17-9-3-10-18-30)31-19-11-4-12-20-31/h1-24,33H,25-26H2,(H2,37,39)(H,38,40)/t33-/m0/s1. The van der Waals surface area contributed by atoms with Crippen molar-refractivity contribution < 1.29 is 14.3 Å². The van der Waals surface area contributed by atoms with Gasteiger partial charge in [-0.05, 0) is 39.9 Å². The van der Waals surface area contributed by atoms with Gasteiger partial charge in [0, 0.05) is 6.42 Å². The third-order valence-electron chi connectivity index (χ3n) is 7.22. The molecule has 0 fully saturated rings. The zero-order chi connectivity index (χ0) is 28.5. The summed E-state index contributed by atoms with van der Waals surface area (Å²) >= 11 is 0. The fourth-order valence-electron chi connectivity index (χ4n) is 5.15. The molecule has 2 amide bonds. The maximum atomic E-state index is 14.5. The van der Waals surface area contributed by atoms with Gasteiger partial charge >= 0.3 is 0 Å². The second-order valence-electron chi connectivity index (χ2n) is 9.90. The molecule has 5 rings (SSSR count). The van der Waals surface area contributed by atoms with E-state index in [2.05, 4.69) is 5.32 Å². The number of hydrogen-bond donors (Lipinski definition) is 2. The lowest BCUT2D eigenvalue weighted by Crippen LogP contribution is -2.54. The fraction of sp³-hybridized carbons (Fsp3) is 0.111. The van der Waals surface area contributed by atoms with E-state index in [0.29, 0.717) is 12.4 Å². The van der Waals surface area contributed by atoms with Crippen molar-refractivity contribution in [2.75, 3.05) is 0 Å². The van der Waals surface area contributed by atoms with Crippen molar-refractivity contribution in [1.29, 1.82) is 0 Å². The van der Waals surface area contributed by atoms with Crippen molar-refractivity contribution in [2.24, 2.45) is 5.73 Å². The zero-order valence-electron chi connectivity index (χ0n) is 22.7. The number of primary amides is 1. The summed E-state index contributed by atoms with van der Waals surface area (Å²) < 4.78 is 5.89. The molecular weight excluding hydrogens is 508 g/mol. The van der Waals surface area contributed by atoms with Crippen LogP contribution in [0.1, 0.15) is 27.8 Å². The highest BCUT2D eigenvalue weighted by atomic mass is 16.5. The van der Waals surface area contributed by atoms with Gasteiger partial charge in [0.2, 0.25) is 11.8 Å². The van der Waals surface area contributed by atoms with Crippen LogP contribution < -0.4 is 15.8 Å². The summed E-state index contributed by atoms with van der Waals surface area (Å²) in [5.41, 5.74) is 8.95. The van der Waals surface area contributed by atoms with Gasteiger partial charge in [0.05, 0.1) is 0 Å². The number of amides is 2. The molecule has 0 bridgehead atoms. The topological polar surface area (TPSA) is 81.4 Å². The number of nitrogens with one attached hydrogen (secondary N) is 1. The molecule has 0 saturated carbocycles. The molecule has 41 heavy (non-hydrogen) atoms. The number of carbonyl (C=O) groups excluding carboxylic acids is 2. The fourth-order valence-corrected chi connectivity index (χ4v) is 5.15. The maximum absolute atomic E-state index is 14.5. The number of rotatable bonds is 11. The van der Waals surface area contributed by atoms with Crippen molar-refractivity contribution in [3.05, 3.63) is 173 Å². The van der Waals surface area contributed by atoms with E-state index in [1.165, 1.54) is 0 Å². The molecule has 5 nitrogen and oxygen atoms in total. The zero-order valence-corrected chi connectivity index (χ0v) is 22.7. The first-order valence-electron chi connectivity index (χ1n) is 13.6. The van der Waals surface area contributed by atoms with E-state index in [-0.39, 0.29) is 12.3 Å². The van der Waals surface area contributed by atoms with E-state index in [4.69, 9.17) is 10.5 Å². The van der Waals surface area contributed by atoms with Gasteiger partial charge in [0.25, 0.3) is 0 Å². The number of hydrogen-bond acceptors (Lipinski definition) is 3. The van der Waals surface area contributed by atoms with Crippen molar-refractivity contribution >= 4 is 11.8 Å². The normalized spacial score (nSPS) is 11.8. The van der Waals surface area contributed by atoms with Crippen LogP contribution in [0.25, 0.3) is 0 Å². The van der Waals surface area contributed by atoms with Gasteiger partial charge in [0.1, 0.15) is 23.8 Å². The summed E-state index contributed by atoms with van der Waals surface area (Å²) in [5, 5.41) is 3.02. The summed E-state index contributed by atoms with van der Waals surface area (Å²) in [6.07, 6.45) is 0.245. The molecule has 0 aromatic heterocycles. The lowest BCUT2D eigenvalue weighted by Gasteiger charge is -2.35. The van der Waals surface area contributed by atoms with E-state index in [0.717, 1.165) is 27.8 Å². The monoisotopic (exact) mass is 540 g/mol. The van der Waals surface area contributed by atoms with E-state index < -0.39 is 17.4 Å². The Morgan fingerprint density at radius 3 is 1.49 bits per heavy atom. The molecule has 5 heteroatoms. The van der Waals surface area contributed by atoms with Crippen LogP contribution >= 0.6 is 0 Å². The van der Waals surface area contributed by atoms with Crippen molar-refractivity contribution in [2.45, 2.75) is 24.5 Å². The van der Waals surface area contributed by atoms with Crippen LogP contribution in [0.5, 0.6) is 5.75 Å². The Hall–Kier alpha value is -5.16. The maximum Gasteiger partial charge on any atom is 0.240 e. The molecule has 0 saturated heterocycles.